The molecule has 1 saturated heterocycles. The Bertz CT molecular complexity index is 443. The van der Waals surface area contributed by atoms with Gasteiger partial charge in [-0.2, -0.15) is 0 Å². The van der Waals surface area contributed by atoms with Gasteiger partial charge in [-0.1, -0.05) is 11.8 Å². The summed E-state index contributed by atoms with van der Waals surface area (Å²) in [6, 6.07) is 0. The molecule has 0 saturated carbocycles. The zero-order chi connectivity index (χ0) is 13.3. The Morgan fingerprint density at radius 1 is 1.47 bits per heavy atom. The van der Waals surface area contributed by atoms with Gasteiger partial charge in [-0.15, -0.1) is 0 Å². The molecule has 3 heterocycles. The Balaban J connectivity index is 1.61. The van der Waals surface area contributed by atoms with Crippen LogP contribution in [0.25, 0.3) is 0 Å². The van der Waals surface area contributed by atoms with E-state index >= 15 is 0 Å². The molecule has 0 aromatic heterocycles. The van der Waals surface area contributed by atoms with Crippen LogP contribution in [0.4, 0.5) is 0 Å². The first kappa shape index (κ1) is 13.3. The van der Waals surface area contributed by atoms with Gasteiger partial charge in [-0.05, 0) is 12.2 Å². The molecule has 0 amide bonds. The molecule has 3 aliphatic heterocycles. The van der Waals surface area contributed by atoms with Crippen molar-refractivity contribution in [3.8, 4) is 0 Å². The van der Waals surface area contributed by atoms with Crippen LogP contribution in [0.1, 0.15) is 6.42 Å². The fraction of sp³-hybridized carbons (Fsp3) is 0.667. The van der Waals surface area contributed by atoms with Gasteiger partial charge in [0.25, 0.3) is 0 Å². The number of hydrogen-bond acceptors (Lipinski definition) is 7. The van der Waals surface area contributed by atoms with Crippen LogP contribution in [0, 0.1) is 0 Å². The molecule has 0 bridgehead atoms. The van der Waals surface area contributed by atoms with Crippen LogP contribution in [-0.2, 0) is 4.74 Å². The number of dihydropyridines is 1. The van der Waals surface area contributed by atoms with Crippen molar-refractivity contribution >= 4 is 22.5 Å². The molecule has 0 spiro atoms. The van der Waals surface area contributed by atoms with Crippen molar-refractivity contribution in [3.63, 3.8) is 0 Å². The zero-order valence-electron chi connectivity index (χ0n) is 10.8. The van der Waals surface area contributed by atoms with Crippen molar-refractivity contribution in [2.45, 2.75) is 17.6 Å². The van der Waals surface area contributed by atoms with E-state index in [1.165, 1.54) is 11.8 Å². The molecular weight excluding hydrogens is 262 g/mol. The maximum absolute atomic E-state index is 6.34. The minimum Gasteiger partial charge on any atom is -0.379 e. The molecule has 3 rings (SSSR count). The monoisotopic (exact) mass is 281 g/mol. The third-order valence-electron chi connectivity index (χ3n) is 3.49. The van der Waals surface area contributed by atoms with E-state index in [1.54, 1.807) is 0 Å². The third kappa shape index (κ3) is 3.06. The van der Waals surface area contributed by atoms with Gasteiger partial charge in [0, 0.05) is 26.1 Å². The summed E-state index contributed by atoms with van der Waals surface area (Å²) in [4.78, 5) is 11.3. The second-order valence-corrected chi connectivity index (χ2v) is 6.07. The van der Waals surface area contributed by atoms with Crippen LogP contribution in [0.2, 0.25) is 0 Å². The summed E-state index contributed by atoms with van der Waals surface area (Å²) in [5, 5.41) is 0.875. The van der Waals surface area contributed by atoms with Gasteiger partial charge in [0.05, 0.1) is 18.9 Å². The van der Waals surface area contributed by atoms with Crippen LogP contribution in [-0.4, -0.2) is 59.7 Å². The molecule has 0 aromatic carbocycles. The van der Waals surface area contributed by atoms with Crippen molar-refractivity contribution in [1.82, 2.24) is 4.90 Å². The van der Waals surface area contributed by atoms with E-state index in [0.717, 1.165) is 50.0 Å². The topological polar surface area (TPSA) is 89.2 Å². The normalized spacial score (nSPS) is 34.9. The first-order valence-corrected chi connectivity index (χ1v) is 7.41. The van der Waals surface area contributed by atoms with E-state index in [9.17, 15) is 0 Å². The average molecular weight is 281 g/mol. The number of aliphatic imine (C=N–C) groups is 2. The zero-order valence-corrected chi connectivity index (χ0v) is 11.6. The number of nitrogens with two attached hydrogens (primary N) is 2. The van der Waals surface area contributed by atoms with E-state index in [1.807, 2.05) is 12.2 Å². The number of nitrogens with zero attached hydrogens (tertiary/aromatic N) is 3. The summed E-state index contributed by atoms with van der Waals surface area (Å²) < 4.78 is 5.34. The number of thioether (sulfide) groups is 1. The number of rotatable bonds is 3. The average Bonchev–Trinajstić information content (AvgIpc) is 2.77. The van der Waals surface area contributed by atoms with Gasteiger partial charge >= 0.3 is 0 Å². The van der Waals surface area contributed by atoms with Crippen LogP contribution >= 0.6 is 11.8 Å². The lowest BCUT2D eigenvalue weighted by Crippen LogP contribution is -2.44. The number of allylic oxidation sites excluding steroid dienone is 1. The molecule has 1 fully saturated rings. The molecule has 0 aliphatic carbocycles. The second-order valence-electron chi connectivity index (χ2n) is 4.97. The molecule has 0 aromatic rings. The van der Waals surface area contributed by atoms with Crippen molar-refractivity contribution < 1.29 is 4.74 Å². The fourth-order valence-electron chi connectivity index (χ4n) is 2.34. The van der Waals surface area contributed by atoms with Crippen molar-refractivity contribution in [2.24, 2.45) is 21.5 Å². The summed E-state index contributed by atoms with van der Waals surface area (Å²) in [6.45, 7) is 4.50. The fourth-order valence-corrected chi connectivity index (χ4v) is 3.20. The molecular formula is C12H19N5OS. The highest BCUT2D eigenvalue weighted by Crippen LogP contribution is 2.27. The molecule has 6 nitrogen and oxygen atoms in total. The van der Waals surface area contributed by atoms with Crippen LogP contribution in [0.5, 0.6) is 0 Å². The van der Waals surface area contributed by atoms with Gasteiger partial charge in [0.15, 0.2) is 5.50 Å². The molecule has 2 atom stereocenters. The van der Waals surface area contributed by atoms with Gasteiger partial charge in [0.1, 0.15) is 10.7 Å². The number of morpholine rings is 1. The first-order chi connectivity index (χ1) is 9.15. The SMILES string of the molecule is NC1N=C2C=CC(N)(CCN3CCOCC3)N=C2S1. The molecule has 2 unspecified atom stereocenters. The lowest BCUT2D eigenvalue weighted by molar-refractivity contribution is 0.0356. The summed E-state index contributed by atoms with van der Waals surface area (Å²) in [5.74, 6) is 0. The van der Waals surface area contributed by atoms with Gasteiger partial charge < -0.3 is 16.2 Å². The summed E-state index contributed by atoms with van der Waals surface area (Å²) in [5.41, 5.74) is 12.1. The Hall–Kier alpha value is -0.730. The molecule has 19 heavy (non-hydrogen) atoms. The summed E-state index contributed by atoms with van der Waals surface area (Å²) >= 11 is 1.47. The van der Waals surface area contributed by atoms with E-state index < -0.39 is 5.66 Å². The van der Waals surface area contributed by atoms with Gasteiger partial charge in [-0.25, -0.2) is 4.99 Å². The highest BCUT2D eigenvalue weighted by Gasteiger charge is 2.31. The van der Waals surface area contributed by atoms with Crippen LogP contribution in [0.15, 0.2) is 22.1 Å². The summed E-state index contributed by atoms with van der Waals surface area (Å²) in [7, 11) is 0. The minimum atomic E-state index is -0.621. The van der Waals surface area contributed by atoms with Crippen molar-refractivity contribution in [2.75, 3.05) is 32.8 Å². The molecule has 3 aliphatic rings. The van der Waals surface area contributed by atoms with Gasteiger partial charge in [0.2, 0.25) is 0 Å². The van der Waals surface area contributed by atoms with Crippen molar-refractivity contribution in [3.05, 3.63) is 12.2 Å². The lowest BCUT2D eigenvalue weighted by atomic mass is 10.0. The van der Waals surface area contributed by atoms with E-state index in [0.29, 0.717) is 0 Å². The van der Waals surface area contributed by atoms with E-state index in [-0.39, 0.29) is 5.50 Å². The van der Waals surface area contributed by atoms with E-state index in [2.05, 4.69) is 14.9 Å². The highest BCUT2D eigenvalue weighted by atomic mass is 32.2. The number of fused-ring (bicyclic) bond motifs is 1. The Morgan fingerprint density at radius 3 is 3.05 bits per heavy atom. The Labute approximate surface area is 117 Å². The molecule has 7 heteroatoms. The number of hydrogen-bond donors (Lipinski definition) is 2. The first-order valence-electron chi connectivity index (χ1n) is 6.53. The van der Waals surface area contributed by atoms with E-state index in [4.69, 9.17) is 16.2 Å². The van der Waals surface area contributed by atoms with Crippen LogP contribution in [0.3, 0.4) is 0 Å². The van der Waals surface area contributed by atoms with Gasteiger partial charge in [-0.3, -0.25) is 9.89 Å². The quantitative estimate of drug-likeness (QED) is 0.745. The molecule has 0 radical (unpaired) electrons. The Kier molecular flexibility index (Phi) is 3.72. The largest absolute Gasteiger partial charge is 0.379 e. The minimum absolute atomic E-state index is 0.236. The smallest absolute Gasteiger partial charge is 0.151 e. The third-order valence-corrected chi connectivity index (χ3v) is 4.36. The van der Waals surface area contributed by atoms with Crippen LogP contribution < -0.4 is 11.5 Å². The maximum Gasteiger partial charge on any atom is 0.151 e. The number of ether oxygens (including phenoxy) is 1. The predicted octanol–water partition coefficient (Wildman–Crippen LogP) is -0.238. The lowest BCUT2D eigenvalue weighted by Gasteiger charge is -2.31. The molecule has 4 N–H and O–H groups in total. The Morgan fingerprint density at radius 2 is 2.26 bits per heavy atom. The molecule has 104 valence electrons. The maximum atomic E-state index is 6.34. The summed E-state index contributed by atoms with van der Waals surface area (Å²) in [6.07, 6.45) is 4.69. The second kappa shape index (κ2) is 5.34. The standard InChI is InChI=1S/C12H19N5OS/c13-11-15-9-1-2-12(14,16-10(9)19-11)3-4-17-5-7-18-8-6-17/h1-2,11H,3-8,13-14H2. The predicted molar refractivity (Wildman–Crippen MR) is 78.4 cm³/mol. The highest BCUT2D eigenvalue weighted by molar-refractivity contribution is 8.16. The van der Waals surface area contributed by atoms with Crippen molar-refractivity contribution in [1.29, 1.82) is 0 Å².